The van der Waals surface area contributed by atoms with Crippen molar-refractivity contribution in [2.45, 2.75) is 12.5 Å². The molecular formula is C16H14BrNO. The minimum atomic E-state index is -1.02. The van der Waals surface area contributed by atoms with Crippen molar-refractivity contribution in [3.63, 3.8) is 0 Å². The van der Waals surface area contributed by atoms with E-state index in [1.165, 1.54) is 0 Å². The number of fused-ring (bicyclic) bond motifs is 1. The third-order valence-electron chi connectivity index (χ3n) is 3.51. The number of aromatic nitrogens is 1. The van der Waals surface area contributed by atoms with Gasteiger partial charge in [0.25, 0.3) is 0 Å². The fourth-order valence-electron chi connectivity index (χ4n) is 2.46. The highest BCUT2D eigenvalue weighted by Crippen LogP contribution is 2.34. The summed E-state index contributed by atoms with van der Waals surface area (Å²) >= 11 is 3.45. The van der Waals surface area contributed by atoms with Gasteiger partial charge in [0.05, 0.1) is 0 Å². The number of hydrogen-bond donors (Lipinski definition) is 2. The lowest BCUT2D eigenvalue weighted by Gasteiger charge is -2.25. The molecule has 0 radical (unpaired) electrons. The van der Waals surface area contributed by atoms with Gasteiger partial charge in [-0.15, -0.1) is 0 Å². The van der Waals surface area contributed by atoms with Gasteiger partial charge in [-0.3, -0.25) is 0 Å². The van der Waals surface area contributed by atoms with Crippen LogP contribution in [0.4, 0.5) is 0 Å². The summed E-state index contributed by atoms with van der Waals surface area (Å²) in [6.45, 7) is 1.83. The van der Waals surface area contributed by atoms with Crippen LogP contribution in [0.1, 0.15) is 18.1 Å². The highest BCUT2D eigenvalue weighted by atomic mass is 79.9. The standard InChI is InChI=1S/C16H14BrNO/c1-16(19,11-4-2-5-12(17)10-11)14-6-3-7-15-13(14)8-9-18-15/h2-10,18-19H,1H3. The van der Waals surface area contributed by atoms with E-state index in [1.54, 1.807) is 0 Å². The summed E-state index contributed by atoms with van der Waals surface area (Å²) < 4.78 is 0.964. The van der Waals surface area contributed by atoms with Gasteiger partial charge in [-0.2, -0.15) is 0 Å². The smallest absolute Gasteiger partial charge is 0.112 e. The second kappa shape index (κ2) is 4.51. The second-order valence-electron chi connectivity index (χ2n) is 4.83. The molecule has 19 heavy (non-hydrogen) atoms. The van der Waals surface area contributed by atoms with Gasteiger partial charge in [0.1, 0.15) is 5.60 Å². The number of aliphatic hydroxyl groups is 1. The normalized spacial score (nSPS) is 14.5. The SMILES string of the molecule is CC(O)(c1cccc(Br)c1)c1cccc2[nH]ccc12. The molecule has 0 amide bonds. The average molecular weight is 316 g/mol. The van der Waals surface area contributed by atoms with E-state index >= 15 is 0 Å². The molecule has 0 aliphatic carbocycles. The molecule has 1 unspecified atom stereocenters. The molecular weight excluding hydrogens is 302 g/mol. The third-order valence-corrected chi connectivity index (χ3v) is 4.00. The minimum Gasteiger partial charge on any atom is -0.381 e. The fraction of sp³-hybridized carbons (Fsp3) is 0.125. The first-order valence-electron chi connectivity index (χ1n) is 6.14. The lowest BCUT2D eigenvalue weighted by molar-refractivity contribution is 0.104. The lowest BCUT2D eigenvalue weighted by Crippen LogP contribution is -2.22. The highest BCUT2D eigenvalue weighted by Gasteiger charge is 2.27. The van der Waals surface area contributed by atoms with Gasteiger partial charge < -0.3 is 10.1 Å². The summed E-state index contributed by atoms with van der Waals surface area (Å²) in [5, 5.41) is 12.0. The highest BCUT2D eigenvalue weighted by molar-refractivity contribution is 9.10. The van der Waals surface area contributed by atoms with Crippen molar-refractivity contribution >= 4 is 26.8 Å². The number of nitrogens with one attached hydrogen (secondary N) is 1. The molecule has 0 saturated heterocycles. The Morgan fingerprint density at radius 3 is 2.68 bits per heavy atom. The zero-order valence-electron chi connectivity index (χ0n) is 10.5. The summed E-state index contributed by atoms with van der Waals surface area (Å²) in [4.78, 5) is 3.17. The summed E-state index contributed by atoms with van der Waals surface area (Å²) in [6, 6.07) is 15.7. The fourth-order valence-corrected chi connectivity index (χ4v) is 2.86. The van der Waals surface area contributed by atoms with Crippen molar-refractivity contribution in [1.29, 1.82) is 0 Å². The molecule has 0 aliphatic rings. The molecule has 2 aromatic carbocycles. The summed E-state index contributed by atoms with van der Waals surface area (Å²) in [5.74, 6) is 0. The molecule has 2 nitrogen and oxygen atoms in total. The third kappa shape index (κ3) is 2.09. The van der Waals surface area contributed by atoms with Gasteiger partial charge in [0.2, 0.25) is 0 Å². The van der Waals surface area contributed by atoms with E-state index in [4.69, 9.17) is 0 Å². The number of benzene rings is 2. The molecule has 0 spiro atoms. The maximum atomic E-state index is 11.0. The van der Waals surface area contributed by atoms with Crippen molar-refractivity contribution in [3.8, 4) is 0 Å². The number of rotatable bonds is 2. The largest absolute Gasteiger partial charge is 0.381 e. The zero-order chi connectivity index (χ0) is 13.5. The Morgan fingerprint density at radius 1 is 1.11 bits per heavy atom. The average Bonchev–Trinajstić information content (AvgIpc) is 2.86. The zero-order valence-corrected chi connectivity index (χ0v) is 12.1. The monoisotopic (exact) mass is 315 g/mol. The van der Waals surface area contributed by atoms with Crippen LogP contribution in [0, 0.1) is 0 Å². The van der Waals surface area contributed by atoms with Crippen LogP contribution in [0.25, 0.3) is 10.9 Å². The second-order valence-corrected chi connectivity index (χ2v) is 5.74. The Labute approximate surface area is 120 Å². The summed E-state index contributed by atoms with van der Waals surface area (Å²) in [7, 11) is 0. The Balaban J connectivity index is 2.21. The number of halogens is 1. The molecule has 96 valence electrons. The molecule has 3 aromatic rings. The van der Waals surface area contributed by atoms with Gasteiger partial charge in [-0.05, 0) is 42.3 Å². The lowest BCUT2D eigenvalue weighted by atomic mass is 9.86. The van der Waals surface area contributed by atoms with Crippen LogP contribution < -0.4 is 0 Å². The van der Waals surface area contributed by atoms with Crippen molar-refractivity contribution in [2.75, 3.05) is 0 Å². The maximum Gasteiger partial charge on any atom is 0.112 e. The van der Waals surface area contributed by atoms with E-state index in [9.17, 15) is 5.11 Å². The van der Waals surface area contributed by atoms with Crippen molar-refractivity contribution < 1.29 is 5.11 Å². The first kappa shape index (κ1) is 12.5. The van der Waals surface area contributed by atoms with Crippen LogP contribution in [-0.2, 0) is 5.60 Å². The predicted octanol–water partition coefficient (Wildman–Crippen LogP) is 4.19. The molecule has 0 saturated carbocycles. The topological polar surface area (TPSA) is 36.0 Å². The number of aromatic amines is 1. The Hall–Kier alpha value is -1.58. The Bertz CT molecular complexity index is 730. The molecule has 1 atom stereocenters. The molecule has 1 aromatic heterocycles. The first-order chi connectivity index (χ1) is 9.09. The summed E-state index contributed by atoms with van der Waals surface area (Å²) in [6.07, 6.45) is 1.89. The molecule has 1 heterocycles. The summed E-state index contributed by atoms with van der Waals surface area (Å²) in [5.41, 5.74) is 1.79. The van der Waals surface area contributed by atoms with Crippen molar-refractivity contribution in [1.82, 2.24) is 4.98 Å². The molecule has 0 aliphatic heterocycles. The Kier molecular flexibility index (Phi) is 2.96. The van der Waals surface area contributed by atoms with Crippen LogP contribution >= 0.6 is 15.9 Å². The van der Waals surface area contributed by atoms with E-state index in [0.29, 0.717) is 0 Å². The van der Waals surface area contributed by atoms with Gasteiger partial charge in [-0.25, -0.2) is 0 Å². The van der Waals surface area contributed by atoms with E-state index in [-0.39, 0.29) is 0 Å². The van der Waals surface area contributed by atoms with Crippen molar-refractivity contribution in [2.24, 2.45) is 0 Å². The van der Waals surface area contributed by atoms with Gasteiger partial charge >= 0.3 is 0 Å². The van der Waals surface area contributed by atoms with Crippen LogP contribution in [0.5, 0.6) is 0 Å². The van der Waals surface area contributed by atoms with Gasteiger partial charge in [-0.1, -0.05) is 40.2 Å². The van der Waals surface area contributed by atoms with E-state index in [0.717, 1.165) is 26.5 Å². The quantitative estimate of drug-likeness (QED) is 0.731. The van der Waals surface area contributed by atoms with Crippen LogP contribution in [0.2, 0.25) is 0 Å². The van der Waals surface area contributed by atoms with Crippen molar-refractivity contribution in [3.05, 3.63) is 70.3 Å². The predicted molar refractivity (Wildman–Crippen MR) is 81.1 cm³/mol. The van der Waals surface area contributed by atoms with Crippen LogP contribution in [0.3, 0.4) is 0 Å². The Morgan fingerprint density at radius 2 is 1.89 bits per heavy atom. The number of H-pyrrole nitrogens is 1. The van der Waals surface area contributed by atoms with Crippen LogP contribution in [-0.4, -0.2) is 10.1 Å². The molecule has 2 N–H and O–H groups in total. The van der Waals surface area contributed by atoms with Gasteiger partial charge in [0.15, 0.2) is 0 Å². The maximum absolute atomic E-state index is 11.0. The van der Waals surface area contributed by atoms with Gasteiger partial charge in [0, 0.05) is 21.6 Å². The van der Waals surface area contributed by atoms with Crippen LogP contribution in [0.15, 0.2) is 59.2 Å². The number of hydrogen-bond acceptors (Lipinski definition) is 1. The molecule has 3 rings (SSSR count). The van der Waals surface area contributed by atoms with E-state index < -0.39 is 5.60 Å². The first-order valence-corrected chi connectivity index (χ1v) is 6.93. The minimum absolute atomic E-state index is 0.871. The van der Waals surface area contributed by atoms with E-state index in [2.05, 4.69) is 20.9 Å². The van der Waals surface area contributed by atoms with E-state index in [1.807, 2.05) is 61.7 Å². The molecule has 3 heteroatoms. The molecule has 0 fully saturated rings. The molecule has 0 bridgehead atoms.